The minimum atomic E-state index is -0.287. The summed E-state index contributed by atoms with van der Waals surface area (Å²) in [6.07, 6.45) is 0.806. The van der Waals surface area contributed by atoms with Crippen LogP contribution in [0.5, 0.6) is 5.75 Å². The molecule has 1 aromatic carbocycles. The lowest BCUT2D eigenvalue weighted by atomic mass is 10.1. The monoisotopic (exact) mass is 254 g/mol. The Balaban J connectivity index is 2.37. The molecule has 1 aromatic rings. The van der Waals surface area contributed by atoms with E-state index in [2.05, 4.69) is 12.2 Å². The van der Waals surface area contributed by atoms with Crippen LogP contribution in [0.1, 0.15) is 19.4 Å². The zero-order valence-electron chi connectivity index (χ0n) is 11.2. The van der Waals surface area contributed by atoms with E-state index in [0.29, 0.717) is 24.8 Å². The maximum Gasteiger partial charge on any atom is 0.165 e. The Kier molecular flexibility index (Phi) is 6.68. The van der Waals surface area contributed by atoms with Crippen molar-refractivity contribution in [1.29, 1.82) is 0 Å². The van der Waals surface area contributed by atoms with Gasteiger partial charge < -0.3 is 15.8 Å². The molecule has 1 rings (SSSR count). The van der Waals surface area contributed by atoms with Crippen molar-refractivity contribution >= 4 is 0 Å². The standard InChI is InChI=1S/C14H23FN2O/c1-3-18-14-5-4-12(8-13(14)15)6-7-17-10-11(2)9-16/h4-5,8,11,17H,3,6-7,9-10,16H2,1-2H3. The average molecular weight is 254 g/mol. The van der Waals surface area contributed by atoms with Crippen LogP contribution in [0.15, 0.2) is 18.2 Å². The van der Waals surface area contributed by atoms with Gasteiger partial charge in [-0.25, -0.2) is 4.39 Å². The Morgan fingerprint density at radius 1 is 1.44 bits per heavy atom. The highest BCUT2D eigenvalue weighted by Gasteiger charge is 2.04. The van der Waals surface area contributed by atoms with Gasteiger partial charge >= 0.3 is 0 Å². The number of ether oxygens (including phenoxy) is 1. The van der Waals surface area contributed by atoms with Crippen LogP contribution in [0.4, 0.5) is 4.39 Å². The smallest absolute Gasteiger partial charge is 0.165 e. The summed E-state index contributed by atoms with van der Waals surface area (Å²) in [6.45, 7) is 6.84. The van der Waals surface area contributed by atoms with E-state index >= 15 is 0 Å². The first kappa shape index (κ1) is 14.9. The van der Waals surface area contributed by atoms with E-state index in [0.717, 1.165) is 25.1 Å². The van der Waals surface area contributed by atoms with E-state index in [4.69, 9.17) is 10.5 Å². The van der Waals surface area contributed by atoms with Crippen molar-refractivity contribution in [3.05, 3.63) is 29.6 Å². The van der Waals surface area contributed by atoms with Gasteiger partial charge in [0.25, 0.3) is 0 Å². The van der Waals surface area contributed by atoms with Gasteiger partial charge in [0.1, 0.15) is 0 Å². The summed E-state index contributed by atoms with van der Waals surface area (Å²) in [5, 5.41) is 3.31. The van der Waals surface area contributed by atoms with E-state index in [-0.39, 0.29) is 5.82 Å². The molecule has 1 unspecified atom stereocenters. The Labute approximate surface area is 109 Å². The first-order chi connectivity index (χ1) is 8.67. The number of nitrogens with two attached hydrogens (primary N) is 1. The number of benzene rings is 1. The van der Waals surface area contributed by atoms with Crippen LogP contribution in [0.3, 0.4) is 0 Å². The minimum Gasteiger partial charge on any atom is -0.491 e. The van der Waals surface area contributed by atoms with Crippen molar-refractivity contribution in [1.82, 2.24) is 5.32 Å². The molecule has 0 aliphatic carbocycles. The first-order valence-electron chi connectivity index (χ1n) is 6.49. The van der Waals surface area contributed by atoms with Crippen molar-refractivity contribution in [3.63, 3.8) is 0 Å². The van der Waals surface area contributed by atoms with Crippen molar-refractivity contribution in [2.45, 2.75) is 20.3 Å². The fourth-order valence-electron chi connectivity index (χ4n) is 1.64. The van der Waals surface area contributed by atoms with Crippen LogP contribution < -0.4 is 15.8 Å². The van der Waals surface area contributed by atoms with Gasteiger partial charge in [-0.2, -0.15) is 0 Å². The second-order valence-corrected chi connectivity index (χ2v) is 4.49. The molecule has 18 heavy (non-hydrogen) atoms. The second kappa shape index (κ2) is 8.06. The van der Waals surface area contributed by atoms with Crippen LogP contribution in [-0.2, 0) is 6.42 Å². The molecule has 0 spiro atoms. The third-order valence-corrected chi connectivity index (χ3v) is 2.78. The minimum absolute atomic E-state index is 0.287. The molecule has 3 nitrogen and oxygen atoms in total. The summed E-state index contributed by atoms with van der Waals surface area (Å²) in [4.78, 5) is 0. The van der Waals surface area contributed by atoms with Crippen molar-refractivity contribution in [2.75, 3.05) is 26.2 Å². The number of hydrogen-bond donors (Lipinski definition) is 2. The van der Waals surface area contributed by atoms with Crippen molar-refractivity contribution in [3.8, 4) is 5.75 Å². The number of halogens is 1. The SMILES string of the molecule is CCOc1ccc(CCNCC(C)CN)cc1F. The quantitative estimate of drug-likeness (QED) is 0.697. The molecule has 0 bridgehead atoms. The number of hydrogen-bond acceptors (Lipinski definition) is 3. The first-order valence-corrected chi connectivity index (χ1v) is 6.49. The van der Waals surface area contributed by atoms with E-state index in [1.165, 1.54) is 0 Å². The molecule has 0 radical (unpaired) electrons. The number of nitrogens with one attached hydrogen (secondary N) is 1. The Bertz CT molecular complexity index is 358. The maximum atomic E-state index is 13.6. The van der Waals surface area contributed by atoms with Gasteiger partial charge in [0, 0.05) is 0 Å². The molecule has 102 valence electrons. The van der Waals surface area contributed by atoms with Gasteiger partial charge in [0.05, 0.1) is 6.61 Å². The maximum absolute atomic E-state index is 13.6. The summed E-state index contributed by atoms with van der Waals surface area (Å²) in [6, 6.07) is 5.14. The predicted molar refractivity (Wildman–Crippen MR) is 72.4 cm³/mol. The molecule has 0 aromatic heterocycles. The number of rotatable bonds is 8. The molecule has 0 fully saturated rings. The zero-order chi connectivity index (χ0) is 13.4. The highest BCUT2D eigenvalue weighted by atomic mass is 19.1. The summed E-state index contributed by atoms with van der Waals surface area (Å²) in [5.74, 6) is 0.512. The molecular formula is C14H23FN2O. The Morgan fingerprint density at radius 3 is 2.83 bits per heavy atom. The summed E-state index contributed by atoms with van der Waals surface area (Å²) < 4.78 is 18.7. The van der Waals surface area contributed by atoms with Gasteiger partial charge in [-0.05, 0) is 56.6 Å². The fourth-order valence-corrected chi connectivity index (χ4v) is 1.64. The molecule has 4 heteroatoms. The van der Waals surface area contributed by atoms with Crippen LogP contribution in [0, 0.1) is 11.7 Å². The second-order valence-electron chi connectivity index (χ2n) is 4.49. The van der Waals surface area contributed by atoms with E-state index in [1.54, 1.807) is 12.1 Å². The predicted octanol–water partition coefficient (Wildman–Crippen LogP) is 1.95. The molecule has 3 N–H and O–H groups in total. The largest absolute Gasteiger partial charge is 0.491 e. The topological polar surface area (TPSA) is 47.3 Å². The van der Waals surface area contributed by atoms with Crippen LogP contribution in [0.25, 0.3) is 0 Å². The molecule has 0 saturated carbocycles. The molecule has 1 atom stereocenters. The lowest BCUT2D eigenvalue weighted by Crippen LogP contribution is -2.27. The van der Waals surface area contributed by atoms with E-state index in [1.807, 2.05) is 13.0 Å². The molecule has 0 amide bonds. The summed E-state index contributed by atoms with van der Waals surface area (Å²) >= 11 is 0. The zero-order valence-corrected chi connectivity index (χ0v) is 11.2. The van der Waals surface area contributed by atoms with E-state index in [9.17, 15) is 4.39 Å². The average Bonchev–Trinajstić information content (AvgIpc) is 2.37. The summed E-state index contributed by atoms with van der Waals surface area (Å²) in [7, 11) is 0. The van der Waals surface area contributed by atoms with Gasteiger partial charge in [0.2, 0.25) is 0 Å². The summed E-state index contributed by atoms with van der Waals surface area (Å²) in [5.41, 5.74) is 6.50. The molecule has 0 saturated heterocycles. The fraction of sp³-hybridized carbons (Fsp3) is 0.571. The van der Waals surface area contributed by atoms with Crippen LogP contribution >= 0.6 is 0 Å². The third kappa shape index (κ3) is 5.02. The van der Waals surface area contributed by atoms with Gasteiger partial charge in [-0.15, -0.1) is 0 Å². The lowest BCUT2D eigenvalue weighted by molar-refractivity contribution is 0.321. The molecular weight excluding hydrogens is 231 g/mol. The molecule has 0 aliphatic rings. The molecule has 0 aliphatic heterocycles. The van der Waals surface area contributed by atoms with Crippen LogP contribution in [-0.4, -0.2) is 26.2 Å². The normalized spacial score (nSPS) is 12.4. The highest BCUT2D eigenvalue weighted by Crippen LogP contribution is 2.18. The third-order valence-electron chi connectivity index (χ3n) is 2.78. The Morgan fingerprint density at radius 2 is 2.22 bits per heavy atom. The van der Waals surface area contributed by atoms with Gasteiger partial charge in [-0.1, -0.05) is 13.0 Å². The van der Waals surface area contributed by atoms with Crippen molar-refractivity contribution < 1.29 is 9.13 Å². The van der Waals surface area contributed by atoms with Gasteiger partial charge in [-0.3, -0.25) is 0 Å². The van der Waals surface area contributed by atoms with Crippen molar-refractivity contribution in [2.24, 2.45) is 11.7 Å². The van der Waals surface area contributed by atoms with Gasteiger partial charge in [0.15, 0.2) is 11.6 Å². The van der Waals surface area contributed by atoms with E-state index < -0.39 is 0 Å². The highest BCUT2D eigenvalue weighted by molar-refractivity contribution is 5.29. The lowest BCUT2D eigenvalue weighted by Gasteiger charge is -2.10. The molecule has 0 heterocycles. The Hall–Kier alpha value is -1.13. The van der Waals surface area contributed by atoms with Crippen LogP contribution in [0.2, 0.25) is 0 Å².